The number of hydrogen-bond donors (Lipinski definition) is 1. The van der Waals surface area contributed by atoms with Crippen molar-refractivity contribution in [3.63, 3.8) is 0 Å². The summed E-state index contributed by atoms with van der Waals surface area (Å²) < 4.78 is 11.5. The van der Waals surface area contributed by atoms with Gasteiger partial charge in [0.1, 0.15) is 11.3 Å². The molecule has 1 N–H and O–H groups in total. The highest BCUT2D eigenvalue weighted by Gasteiger charge is 2.17. The van der Waals surface area contributed by atoms with Gasteiger partial charge in [-0.05, 0) is 61.0 Å². The molecule has 0 unspecified atom stereocenters. The van der Waals surface area contributed by atoms with Crippen LogP contribution in [0.25, 0.3) is 33.9 Å². The molecular formula is C25H16ClN3O5. The second-order valence-corrected chi connectivity index (χ2v) is 7.96. The highest BCUT2D eigenvalue weighted by atomic mass is 35.5. The number of nitrogens with zero attached hydrogens (tertiary/aromatic N) is 2. The Morgan fingerprint density at radius 2 is 1.82 bits per heavy atom. The van der Waals surface area contributed by atoms with E-state index >= 15 is 0 Å². The van der Waals surface area contributed by atoms with Crippen LogP contribution in [0.2, 0.25) is 5.02 Å². The quantitative estimate of drug-likeness (QED) is 0.220. The number of anilines is 1. The van der Waals surface area contributed by atoms with Gasteiger partial charge in [-0.2, -0.15) is 0 Å². The lowest BCUT2D eigenvalue weighted by atomic mass is 10.1. The first kappa shape index (κ1) is 21.4. The van der Waals surface area contributed by atoms with Crippen LogP contribution in [0.15, 0.2) is 81.6 Å². The van der Waals surface area contributed by atoms with E-state index in [2.05, 4.69) is 10.3 Å². The Balaban J connectivity index is 1.37. The molecule has 2 heterocycles. The number of nitro groups is 1. The number of oxazole rings is 1. The van der Waals surface area contributed by atoms with Crippen LogP contribution in [0, 0.1) is 17.0 Å². The monoisotopic (exact) mass is 473 g/mol. The van der Waals surface area contributed by atoms with Gasteiger partial charge in [-0.3, -0.25) is 14.9 Å². The molecular weight excluding hydrogens is 458 g/mol. The van der Waals surface area contributed by atoms with E-state index in [-0.39, 0.29) is 11.4 Å². The van der Waals surface area contributed by atoms with Crippen molar-refractivity contribution >= 4 is 40.0 Å². The molecule has 0 aliphatic rings. The Kier molecular flexibility index (Phi) is 5.35. The van der Waals surface area contributed by atoms with E-state index in [0.717, 1.165) is 0 Å². The Labute approximate surface area is 197 Å². The SMILES string of the molecule is Cc1cc([N+](=O)[O-])ccc1-c1ccc(C(=O)Nc2ccc3oc(-c4ccccc4Cl)nc3c2)o1. The summed E-state index contributed by atoms with van der Waals surface area (Å²) in [7, 11) is 0. The number of nitrogens with one attached hydrogen (secondary N) is 1. The number of carbonyl (C=O) groups excluding carboxylic acids is 1. The predicted octanol–water partition coefficient (Wildman–Crippen LogP) is 6.88. The van der Waals surface area contributed by atoms with E-state index in [1.807, 2.05) is 18.2 Å². The lowest BCUT2D eigenvalue weighted by Crippen LogP contribution is -2.10. The molecule has 5 aromatic rings. The summed E-state index contributed by atoms with van der Waals surface area (Å²) in [6.07, 6.45) is 0. The Morgan fingerprint density at radius 3 is 2.59 bits per heavy atom. The second-order valence-electron chi connectivity index (χ2n) is 7.56. The molecule has 0 saturated heterocycles. The third-order valence-electron chi connectivity index (χ3n) is 5.27. The number of amides is 1. The van der Waals surface area contributed by atoms with Crippen molar-refractivity contribution in [3.8, 4) is 22.8 Å². The molecule has 0 bridgehead atoms. The smallest absolute Gasteiger partial charge is 0.291 e. The fourth-order valence-electron chi connectivity index (χ4n) is 3.59. The molecule has 0 aliphatic carbocycles. The molecule has 0 aliphatic heterocycles. The van der Waals surface area contributed by atoms with Gasteiger partial charge in [0.15, 0.2) is 11.3 Å². The number of nitro benzene ring substituents is 1. The number of aromatic nitrogens is 1. The van der Waals surface area contributed by atoms with E-state index in [9.17, 15) is 14.9 Å². The maximum Gasteiger partial charge on any atom is 0.291 e. The number of aryl methyl sites for hydroxylation is 1. The first-order valence-corrected chi connectivity index (χ1v) is 10.6. The number of fused-ring (bicyclic) bond motifs is 1. The van der Waals surface area contributed by atoms with Crippen LogP contribution in [0.4, 0.5) is 11.4 Å². The van der Waals surface area contributed by atoms with Crippen molar-refractivity contribution in [2.75, 3.05) is 5.32 Å². The van der Waals surface area contributed by atoms with Gasteiger partial charge in [0.05, 0.1) is 15.5 Å². The van der Waals surface area contributed by atoms with E-state index in [0.29, 0.717) is 50.2 Å². The molecule has 168 valence electrons. The zero-order valence-corrected chi connectivity index (χ0v) is 18.5. The zero-order valence-electron chi connectivity index (χ0n) is 17.7. The van der Waals surface area contributed by atoms with Gasteiger partial charge in [0.2, 0.25) is 5.89 Å². The number of furan rings is 1. The summed E-state index contributed by atoms with van der Waals surface area (Å²) in [4.78, 5) is 27.7. The van der Waals surface area contributed by atoms with Crippen LogP contribution in [0.5, 0.6) is 0 Å². The topological polar surface area (TPSA) is 111 Å². The summed E-state index contributed by atoms with van der Waals surface area (Å²) in [5.74, 6) is 0.483. The average Bonchev–Trinajstić information content (AvgIpc) is 3.46. The zero-order chi connectivity index (χ0) is 23.8. The summed E-state index contributed by atoms with van der Waals surface area (Å²) in [5, 5.41) is 14.3. The number of benzene rings is 3. The summed E-state index contributed by atoms with van der Waals surface area (Å²) >= 11 is 6.23. The van der Waals surface area contributed by atoms with Crippen molar-refractivity contribution in [1.82, 2.24) is 4.98 Å². The summed E-state index contributed by atoms with van der Waals surface area (Å²) in [6, 6.07) is 20.0. The van der Waals surface area contributed by atoms with Crippen LogP contribution in [0.1, 0.15) is 16.1 Å². The standard InChI is InChI=1S/C25H16ClN3O5/c1-14-12-16(29(31)32)7-8-17(14)21-10-11-23(33-21)24(30)27-15-6-9-22-20(13-15)28-25(34-22)18-4-2-3-5-19(18)26/h2-13H,1H3,(H,27,30). The largest absolute Gasteiger partial charge is 0.451 e. The van der Waals surface area contributed by atoms with E-state index in [4.69, 9.17) is 20.4 Å². The fourth-order valence-corrected chi connectivity index (χ4v) is 3.81. The molecule has 5 rings (SSSR count). The van der Waals surface area contributed by atoms with Gasteiger partial charge in [-0.1, -0.05) is 23.7 Å². The average molecular weight is 474 g/mol. The van der Waals surface area contributed by atoms with Crippen molar-refractivity contribution < 1.29 is 18.6 Å². The lowest BCUT2D eigenvalue weighted by molar-refractivity contribution is -0.384. The molecule has 0 fully saturated rings. The van der Waals surface area contributed by atoms with E-state index in [1.54, 1.807) is 49.4 Å². The first-order valence-electron chi connectivity index (χ1n) is 10.2. The van der Waals surface area contributed by atoms with Crippen molar-refractivity contribution in [2.24, 2.45) is 0 Å². The van der Waals surface area contributed by atoms with Crippen molar-refractivity contribution in [1.29, 1.82) is 0 Å². The summed E-state index contributed by atoms with van der Waals surface area (Å²) in [6.45, 7) is 1.74. The Hall–Kier alpha value is -4.43. The molecule has 0 radical (unpaired) electrons. The summed E-state index contributed by atoms with van der Waals surface area (Å²) in [5.41, 5.74) is 3.64. The van der Waals surface area contributed by atoms with Crippen molar-refractivity contribution in [3.05, 3.63) is 99.3 Å². The molecule has 2 aromatic heterocycles. The van der Waals surface area contributed by atoms with Crippen LogP contribution in [-0.2, 0) is 0 Å². The van der Waals surface area contributed by atoms with Gasteiger partial charge in [-0.15, -0.1) is 0 Å². The van der Waals surface area contributed by atoms with Crippen LogP contribution in [0.3, 0.4) is 0 Å². The third-order valence-corrected chi connectivity index (χ3v) is 5.60. The third kappa shape index (κ3) is 4.02. The maximum atomic E-state index is 12.7. The molecule has 1 amide bonds. The number of rotatable bonds is 5. The van der Waals surface area contributed by atoms with E-state index < -0.39 is 10.8 Å². The number of hydrogen-bond acceptors (Lipinski definition) is 6. The number of non-ortho nitro benzene ring substituents is 1. The first-order chi connectivity index (χ1) is 16.4. The lowest BCUT2D eigenvalue weighted by Gasteiger charge is -2.04. The molecule has 0 atom stereocenters. The Bertz CT molecular complexity index is 1570. The van der Waals surface area contributed by atoms with Gasteiger partial charge >= 0.3 is 0 Å². The van der Waals surface area contributed by atoms with Crippen LogP contribution in [-0.4, -0.2) is 15.8 Å². The highest BCUT2D eigenvalue weighted by molar-refractivity contribution is 6.33. The highest BCUT2D eigenvalue weighted by Crippen LogP contribution is 2.31. The van der Waals surface area contributed by atoms with Crippen LogP contribution >= 0.6 is 11.6 Å². The number of carbonyl (C=O) groups is 1. The fraction of sp³-hybridized carbons (Fsp3) is 0.0400. The second kappa shape index (κ2) is 8.49. The van der Waals surface area contributed by atoms with Crippen molar-refractivity contribution in [2.45, 2.75) is 6.92 Å². The molecule has 0 spiro atoms. The van der Waals surface area contributed by atoms with Gasteiger partial charge < -0.3 is 14.2 Å². The minimum absolute atomic E-state index is 0.00767. The number of halogens is 1. The minimum atomic E-state index is -0.457. The van der Waals surface area contributed by atoms with Gasteiger partial charge in [0.25, 0.3) is 11.6 Å². The minimum Gasteiger partial charge on any atom is -0.451 e. The maximum absolute atomic E-state index is 12.7. The predicted molar refractivity (Wildman–Crippen MR) is 128 cm³/mol. The van der Waals surface area contributed by atoms with E-state index in [1.165, 1.54) is 12.1 Å². The normalized spacial score (nSPS) is 11.0. The molecule has 34 heavy (non-hydrogen) atoms. The molecule has 8 nitrogen and oxygen atoms in total. The molecule has 3 aromatic carbocycles. The van der Waals surface area contributed by atoms with Gasteiger partial charge in [0, 0.05) is 23.4 Å². The van der Waals surface area contributed by atoms with Crippen LogP contribution < -0.4 is 5.32 Å². The molecule has 9 heteroatoms. The van der Waals surface area contributed by atoms with Gasteiger partial charge in [-0.25, -0.2) is 4.98 Å². The Morgan fingerprint density at radius 1 is 1.00 bits per heavy atom. The molecule has 0 saturated carbocycles.